The van der Waals surface area contributed by atoms with E-state index in [0.29, 0.717) is 38.8 Å². The van der Waals surface area contributed by atoms with Crippen LogP contribution in [0.1, 0.15) is 46.0 Å². The predicted octanol–water partition coefficient (Wildman–Crippen LogP) is 2.00. The highest BCUT2D eigenvalue weighted by Crippen LogP contribution is 2.13. The summed E-state index contributed by atoms with van der Waals surface area (Å²) in [5.74, 6) is 0.612. The summed E-state index contributed by atoms with van der Waals surface area (Å²) in [6, 6.07) is 0. The van der Waals surface area contributed by atoms with Crippen molar-refractivity contribution in [3.63, 3.8) is 0 Å². The molecule has 0 aromatic carbocycles. The molecule has 21 heavy (non-hydrogen) atoms. The normalized spacial score (nSPS) is 14.3. The van der Waals surface area contributed by atoms with Gasteiger partial charge in [-0.25, -0.2) is 0 Å². The van der Waals surface area contributed by atoms with E-state index < -0.39 is 0 Å². The average Bonchev–Trinajstić information content (AvgIpc) is 2.50. The summed E-state index contributed by atoms with van der Waals surface area (Å²) in [6.45, 7) is 7.03. The van der Waals surface area contributed by atoms with Crippen LogP contribution in [0.5, 0.6) is 0 Å². The molecule has 128 valence electrons. The Morgan fingerprint density at radius 1 is 0.857 bits per heavy atom. The van der Waals surface area contributed by atoms with Gasteiger partial charge in [-0.3, -0.25) is 0 Å². The number of hydrogen-bond donors (Lipinski definition) is 2. The Bertz CT molecular complexity index is 191. The highest BCUT2D eigenvalue weighted by atomic mass is 16.6. The second-order valence-corrected chi connectivity index (χ2v) is 5.32. The number of aliphatic hydroxyl groups excluding tert-OH is 2. The molecule has 5 nitrogen and oxygen atoms in total. The van der Waals surface area contributed by atoms with Crippen molar-refractivity contribution in [3.05, 3.63) is 0 Å². The number of aliphatic hydroxyl groups is 2. The molecular weight excluding hydrogens is 272 g/mol. The minimum atomic E-state index is -0.133. The predicted molar refractivity (Wildman–Crippen MR) is 83.5 cm³/mol. The summed E-state index contributed by atoms with van der Waals surface area (Å²) in [5.41, 5.74) is 0. The summed E-state index contributed by atoms with van der Waals surface area (Å²) in [6.07, 6.45) is 5.30. The molecule has 0 saturated carbocycles. The van der Waals surface area contributed by atoms with E-state index in [1.165, 1.54) is 19.3 Å². The first-order chi connectivity index (χ1) is 10.3. The van der Waals surface area contributed by atoms with E-state index >= 15 is 0 Å². The van der Waals surface area contributed by atoms with Crippen LogP contribution in [0.4, 0.5) is 0 Å². The van der Waals surface area contributed by atoms with Crippen molar-refractivity contribution in [2.45, 2.75) is 52.1 Å². The summed E-state index contributed by atoms with van der Waals surface area (Å²) in [4.78, 5) is 0. The first kappa shape index (κ1) is 20.8. The molecule has 0 heterocycles. The van der Waals surface area contributed by atoms with E-state index in [2.05, 4.69) is 13.8 Å². The molecule has 0 radical (unpaired) electrons. The van der Waals surface area contributed by atoms with Crippen LogP contribution in [-0.2, 0) is 14.2 Å². The van der Waals surface area contributed by atoms with Crippen LogP contribution in [0.2, 0.25) is 0 Å². The Hall–Kier alpha value is -0.200. The lowest BCUT2D eigenvalue weighted by Crippen LogP contribution is -2.28. The highest BCUT2D eigenvalue weighted by Gasteiger charge is 2.12. The summed E-state index contributed by atoms with van der Waals surface area (Å²) >= 11 is 0. The first-order valence-corrected chi connectivity index (χ1v) is 8.27. The van der Waals surface area contributed by atoms with Gasteiger partial charge in [0.05, 0.1) is 26.4 Å². The molecular formula is C16H34O5. The smallest absolute Gasteiger partial charge is 0.104 e. The topological polar surface area (TPSA) is 68.2 Å². The summed E-state index contributed by atoms with van der Waals surface area (Å²) in [5, 5.41) is 17.5. The molecule has 0 bridgehead atoms. The highest BCUT2D eigenvalue weighted by molar-refractivity contribution is 4.59. The molecule has 0 aromatic rings. The SMILES string of the molecule is CCCCC(CC)COCC(COCCO)OCCCO. The van der Waals surface area contributed by atoms with Crippen LogP contribution in [0.25, 0.3) is 0 Å². The van der Waals surface area contributed by atoms with E-state index in [0.717, 1.165) is 13.0 Å². The van der Waals surface area contributed by atoms with Gasteiger partial charge in [0.25, 0.3) is 0 Å². The van der Waals surface area contributed by atoms with Gasteiger partial charge in [0, 0.05) is 19.8 Å². The largest absolute Gasteiger partial charge is 0.396 e. The molecule has 0 aromatic heterocycles. The first-order valence-electron chi connectivity index (χ1n) is 8.27. The number of unbranched alkanes of at least 4 members (excludes halogenated alkanes) is 1. The van der Waals surface area contributed by atoms with Crippen molar-refractivity contribution in [3.8, 4) is 0 Å². The zero-order valence-corrected chi connectivity index (χ0v) is 13.8. The van der Waals surface area contributed by atoms with E-state index in [-0.39, 0.29) is 19.3 Å². The van der Waals surface area contributed by atoms with E-state index in [4.69, 9.17) is 24.4 Å². The van der Waals surface area contributed by atoms with Crippen molar-refractivity contribution in [2.24, 2.45) is 5.92 Å². The van der Waals surface area contributed by atoms with Gasteiger partial charge in [-0.05, 0) is 18.8 Å². The monoisotopic (exact) mass is 306 g/mol. The van der Waals surface area contributed by atoms with Gasteiger partial charge in [0.2, 0.25) is 0 Å². The van der Waals surface area contributed by atoms with Crippen LogP contribution in [0.3, 0.4) is 0 Å². The Labute approximate surface area is 129 Å². The van der Waals surface area contributed by atoms with Crippen molar-refractivity contribution in [1.82, 2.24) is 0 Å². The maximum Gasteiger partial charge on any atom is 0.104 e. The standard InChI is InChI=1S/C16H34O5/c1-3-5-7-15(4-2)12-20-14-16(13-19-11-9-18)21-10-6-8-17/h15-18H,3-14H2,1-2H3. The molecule has 0 spiro atoms. The van der Waals surface area contributed by atoms with Crippen LogP contribution in [0, 0.1) is 5.92 Å². The molecule has 2 atom stereocenters. The molecule has 0 fully saturated rings. The lowest BCUT2D eigenvalue weighted by Gasteiger charge is -2.20. The lowest BCUT2D eigenvalue weighted by atomic mass is 10.0. The lowest BCUT2D eigenvalue weighted by molar-refractivity contribution is -0.0704. The van der Waals surface area contributed by atoms with Crippen molar-refractivity contribution in [2.75, 3.05) is 46.2 Å². The molecule has 0 saturated heterocycles. The van der Waals surface area contributed by atoms with Crippen molar-refractivity contribution in [1.29, 1.82) is 0 Å². The molecule has 2 N–H and O–H groups in total. The average molecular weight is 306 g/mol. The minimum absolute atomic E-state index is 0.0130. The molecule has 0 aliphatic heterocycles. The molecule has 0 rings (SSSR count). The molecule has 0 aliphatic carbocycles. The maximum atomic E-state index is 8.78. The fraction of sp³-hybridized carbons (Fsp3) is 1.00. The van der Waals surface area contributed by atoms with Crippen LogP contribution in [0.15, 0.2) is 0 Å². The van der Waals surface area contributed by atoms with Crippen LogP contribution in [-0.4, -0.2) is 62.6 Å². The van der Waals surface area contributed by atoms with Gasteiger partial charge in [-0.2, -0.15) is 0 Å². The van der Waals surface area contributed by atoms with E-state index in [9.17, 15) is 0 Å². The van der Waals surface area contributed by atoms with Crippen LogP contribution >= 0.6 is 0 Å². The third kappa shape index (κ3) is 13.2. The van der Waals surface area contributed by atoms with E-state index in [1.807, 2.05) is 0 Å². The van der Waals surface area contributed by atoms with Gasteiger partial charge in [0.1, 0.15) is 6.10 Å². The fourth-order valence-electron chi connectivity index (χ4n) is 2.00. The zero-order chi connectivity index (χ0) is 15.8. The van der Waals surface area contributed by atoms with Crippen molar-refractivity contribution < 1.29 is 24.4 Å². The second-order valence-electron chi connectivity index (χ2n) is 5.32. The molecule has 2 unspecified atom stereocenters. The Morgan fingerprint density at radius 2 is 1.62 bits per heavy atom. The fourth-order valence-corrected chi connectivity index (χ4v) is 2.00. The van der Waals surface area contributed by atoms with Crippen LogP contribution < -0.4 is 0 Å². The summed E-state index contributed by atoms with van der Waals surface area (Å²) < 4.78 is 16.7. The second kappa shape index (κ2) is 16.2. The Kier molecular flexibility index (Phi) is 16.0. The van der Waals surface area contributed by atoms with Gasteiger partial charge in [-0.1, -0.05) is 33.1 Å². The molecule has 5 heteroatoms. The number of ether oxygens (including phenoxy) is 3. The van der Waals surface area contributed by atoms with E-state index in [1.54, 1.807) is 0 Å². The maximum absolute atomic E-state index is 8.78. The van der Waals surface area contributed by atoms with Gasteiger partial charge in [0.15, 0.2) is 0 Å². The molecule has 0 amide bonds. The number of rotatable bonds is 16. The zero-order valence-electron chi connectivity index (χ0n) is 13.8. The Balaban J connectivity index is 3.89. The quantitative estimate of drug-likeness (QED) is 0.427. The molecule has 0 aliphatic rings. The third-order valence-electron chi connectivity index (χ3n) is 3.40. The van der Waals surface area contributed by atoms with Gasteiger partial charge < -0.3 is 24.4 Å². The summed E-state index contributed by atoms with van der Waals surface area (Å²) in [7, 11) is 0. The van der Waals surface area contributed by atoms with Gasteiger partial charge >= 0.3 is 0 Å². The third-order valence-corrected chi connectivity index (χ3v) is 3.40. The number of hydrogen-bond acceptors (Lipinski definition) is 5. The van der Waals surface area contributed by atoms with Gasteiger partial charge in [-0.15, -0.1) is 0 Å². The Morgan fingerprint density at radius 3 is 2.24 bits per heavy atom. The van der Waals surface area contributed by atoms with Crippen molar-refractivity contribution >= 4 is 0 Å². The minimum Gasteiger partial charge on any atom is -0.396 e.